The second-order valence-corrected chi connectivity index (χ2v) is 2.51. The normalized spacial score (nSPS) is 45.0. The number of ether oxygens (including phenoxy) is 1. The molecule has 3 heteroatoms. The summed E-state index contributed by atoms with van der Waals surface area (Å²) in [6.45, 7) is 2.15. The fourth-order valence-electron chi connectivity index (χ4n) is 0.939. The minimum Gasteiger partial charge on any atom is -0.390 e. The molecule has 3 nitrogen and oxygen atoms in total. The first kappa shape index (κ1) is 6.99. The Kier molecular flexibility index (Phi) is 2.05. The molecule has 0 aromatic carbocycles. The van der Waals surface area contributed by atoms with Crippen molar-refractivity contribution in [3.63, 3.8) is 0 Å². The lowest BCUT2D eigenvalue weighted by Crippen LogP contribution is -2.39. The summed E-state index contributed by atoms with van der Waals surface area (Å²) in [5.74, 6) is 0. The van der Waals surface area contributed by atoms with Gasteiger partial charge in [0.1, 0.15) is 6.10 Å². The lowest BCUT2D eigenvalue weighted by molar-refractivity contribution is -0.115. The highest BCUT2D eigenvalue weighted by atomic mass is 16.5. The number of aliphatic hydroxyl groups excluding tert-OH is 2. The van der Waals surface area contributed by atoms with Crippen LogP contribution in [-0.2, 0) is 4.74 Å². The molecule has 1 heterocycles. The lowest BCUT2D eigenvalue weighted by Gasteiger charge is -2.27. The summed E-state index contributed by atoms with van der Waals surface area (Å²) in [6.07, 6.45) is -0.639. The molecule has 1 fully saturated rings. The number of hydrogen-bond donors (Lipinski definition) is 2. The van der Waals surface area contributed by atoms with Gasteiger partial charge in [-0.15, -0.1) is 0 Å². The van der Waals surface area contributed by atoms with Gasteiger partial charge in [0.25, 0.3) is 0 Å². The van der Waals surface area contributed by atoms with E-state index in [-0.39, 0.29) is 12.7 Å². The third kappa shape index (κ3) is 1.64. The smallest absolute Gasteiger partial charge is 0.103 e. The molecule has 0 aliphatic carbocycles. The Hall–Kier alpha value is -0.120. The van der Waals surface area contributed by atoms with Gasteiger partial charge in [-0.25, -0.2) is 0 Å². The van der Waals surface area contributed by atoms with E-state index >= 15 is 0 Å². The average molecular weight is 132 g/mol. The molecule has 2 N–H and O–H groups in total. The van der Waals surface area contributed by atoms with Crippen LogP contribution in [-0.4, -0.2) is 35.1 Å². The van der Waals surface area contributed by atoms with Gasteiger partial charge in [0.05, 0.1) is 18.8 Å². The molecule has 1 aliphatic rings. The molecule has 1 aliphatic heterocycles. The first-order valence-electron chi connectivity index (χ1n) is 3.18. The number of rotatable bonds is 0. The molecule has 0 spiro atoms. The molecule has 3 atom stereocenters. The zero-order valence-electron chi connectivity index (χ0n) is 5.45. The van der Waals surface area contributed by atoms with E-state index in [0.717, 1.165) is 0 Å². The molecule has 2 unspecified atom stereocenters. The van der Waals surface area contributed by atoms with Crippen LogP contribution < -0.4 is 0 Å². The summed E-state index contributed by atoms with van der Waals surface area (Å²) in [5, 5.41) is 17.9. The standard InChI is InChI=1S/C6H12O3/c1-4-2-5(7)6(8)3-9-4/h4-8H,2-3H2,1H3/t4?,5?,6-/m1/s1. The molecule has 0 aromatic rings. The van der Waals surface area contributed by atoms with Crippen molar-refractivity contribution in [2.75, 3.05) is 6.61 Å². The van der Waals surface area contributed by atoms with E-state index in [4.69, 9.17) is 14.9 Å². The van der Waals surface area contributed by atoms with Gasteiger partial charge in [-0.3, -0.25) is 0 Å². The largest absolute Gasteiger partial charge is 0.390 e. The molecule has 1 rings (SSSR count). The van der Waals surface area contributed by atoms with E-state index in [1.807, 2.05) is 6.92 Å². The Morgan fingerprint density at radius 3 is 2.44 bits per heavy atom. The Morgan fingerprint density at radius 1 is 1.33 bits per heavy atom. The van der Waals surface area contributed by atoms with E-state index in [2.05, 4.69) is 0 Å². The third-order valence-corrected chi connectivity index (χ3v) is 1.57. The van der Waals surface area contributed by atoms with E-state index < -0.39 is 12.2 Å². The van der Waals surface area contributed by atoms with Crippen LogP contribution in [0.4, 0.5) is 0 Å². The highest BCUT2D eigenvalue weighted by molar-refractivity contribution is 4.74. The molecule has 0 bridgehead atoms. The summed E-state index contributed by atoms with van der Waals surface area (Å²) < 4.78 is 5.05. The fourth-order valence-corrected chi connectivity index (χ4v) is 0.939. The minimum absolute atomic E-state index is 0.0865. The van der Waals surface area contributed by atoms with Crippen LogP contribution in [0.25, 0.3) is 0 Å². The van der Waals surface area contributed by atoms with Gasteiger partial charge in [-0.1, -0.05) is 0 Å². The minimum atomic E-state index is -0.679. The second kappa shape index (κ2) is 2.64. The highest BCUT2D eigenvalue weighted by Gasteiger charge is 2.25. The molecule has 0 saturated carbocycles. The van der Waals surface area contributed by atoms with E-state index in [0.29, 0.717) is 6.42 Å². The van der Waals surface area contributed by atoms with Gasteiger partial charge in [0.2, 0.25) is 0 Å². The highest BCUT2D eigenvalue weighted by Crippen LogP contribution is 2.12. The quantitative estimate of drug-likeness (QED) is 0.468. The average Bonchev–Trinajstić information content (AvgIpc) is 1.80. The zero-order chi connectivity index (χ0) is 6.85. The van der Waals surface area contributed by atoms with Crippen LogP contribution in [0.2, 0.25) is 0 Å². The maximum absolute atomic E-state index is 9.02. The summed E-state index contributed by atoms with van der Waals surface area (Å²) in [5.41, 5.74) is 0. The second-order valence-electron chi connectivity index (χ2n) is 2.51. The van der Waals surface area contributed by atoms with E-state index in [9.17, 15) is 0 Å². The Bertz CT molecular complexity index is 94.3. The summed E-state index contributed by atoms with van der Waals surface area (Å²) in [7, 11) is 0. The Labute approximate surface area is 54.3 Å². The van der Waals surface area contributed by atoms with Gasteiger partial charge in [-0.05, 0) is 6.92 Å². The van der Waals surface area contributed by atoms with Crippen molar-refractivity contribution in [1.82, 2.24) is 0 Å². The summed E-state index contributed by atoms with van der Waals surface area (Å²) in [6, 6.07) is 0. The van der Waals surface area contributed by atoms with Crippen LogP contribution in [0.3, 0.4) is 0 Å². The third-order valence-electron chi connectivity index (χ3n) is 1.57. The monoisotopic (exact) mass is 132 g/mol. The van der Waals surface area contributed by atoms with Gasteiger partial charge in [0, 0.05) is 6.42 Å². The number of aliphatic hydroxyl groups is 2. The molecule has 0 radical (unpaired) electrons. The molecular formula is C6H12O3. The predicted octanol–water partition coefficient (Wildman–Crippen LogP) is -0.483. The van der Waals surface area contributed by atoms with Crippen molar-refractivity contribution < 1.29 is 14.9 Å². The lowest BCUT2D eigenvalue weighted by atomic mass is 10.1. The Balaban J connectivity index is 2.35. The van der Waals surface area contributed by atoms with Crippen molar-refractivity contribution in [1.29, 1.82) is 0 Å². The molecule has 0 amide bonds. The zero-order valence-corrected chi connectivity index (χ0v) is 5.45. The van der Waals surface area contributed by atoms with Crippen molar-refractivity contribution in [3.8, 4) is 0 Å². The van der Waals surface area contributed by atoms with Crippen molar-refractivity contribution in [2.45, 2.75) is 31.7 Å². The van der Waals surface area contributed by atoms with Crippen LogP contribution in [0, 0.1) is 0 Å². The predicted molar refractivity (Wildman–Crippen MR) is 32.0 cm³/mol. The van der Waals surface area contributed by atoms with Crippen molar-refractivity contribution in [2.24, 2.45) is 0 Å². The van der Waals surface area contributed by atoms with Gasteiger partial charge >= 0.3 is 0 Å². The molecule has 1 saturated heterocycles. The van der Waals surface area contributed by atoms with Gasteiger partial charge in [0.15, 0.2) is 0 Å². The maximum atomic E-state index is 9.02. The first-order chi connectivity index (χ1) is 4.20. The van der Waals surface area contributed by atoms with Crippen LogP contribution in [0.5, 0.6) is 0 Å². The van der Waals surface area contributed by atoms with E-state index in [1.54, 1.807) is 0 Å². The van der Waals surface area contributed by atoms with Gasteiger partial charge in [-0.2, -0.15) is 0 Å². The number of hydrogen-bond acceptors (Lipinski definition) is 3. The van der Waals surface area contributed by atoms with Crippen LogP contribution in [0.1, 0.15) is 13.3 Å². The molecule has 54 valence electrons. The molecule has 0 aromatic heterocycles. The maximum Gasteiger partial charge on any atom is 0.103 e. The Morgan fingerprint density at radius 2 is 2.00 bits per heavy atom. The van der Waals surface area contributed by atoms with Crippen LogP contribution >= 0.6 is 0 Å². The molecular weight excluding hydrogens is 120 g/mol. The van der Waals surface area contributed by atoms with Crippen molar-refractivity contribution >= 4 is 0 Å². The topological polar surface area (TPSA) is 49.7 Å². The SMILES string of the molecule is CC1CC(O)[C@H](O)CO1. The fraction of sp³-hybridized carbons (Fsp3) is 1.00. The van der Waals surface area contributed by atoms with E-state index in [1.165, 1.54) is 0 Å². The van der Waals surface area contributed by atoms with Crippen LogP contribution in [0.15, 0.2) is 0 Å². The summed E-state index contributed by atoms with van der Waals surface area (Å²) >= 11 is 0. The molecule has 9 heavy (non-hydrogen) atoms. The summed E-state index contributed by atoms with van der Waals surface area (Å²) in [4.78, 5) is 0. The van der Waals surface area contributed by atoms with Crippen molar-refractivity contribution in [3.05, 3.63) is 0 Å². The van der Waals surface area contributed by atoms with Gasteiger partial charge < -0.3 is 14.9 Å². The first-order valence-corrected chi connectivity index (χ1v) is 3.18.